The van der Waals surface area contributed by atoms with Crippen LogP contribution in [0.15, 0.2) is 0 Å². The van der Waals surface area contributed by atoms with Gasteiger partial charge in [-0.15, -0.1) is 11.6 Å². The third-order valence-electron chi connectivity index (χ3n) is 2.51. The van der Waals surface area contributed by atoms with Gasteiger partial charge in [-0.3, -0.25) is 9.69 Å². The minimum atomic E-state index is -0.0800. The van der Waals surface area contributed by atoms with Gasteiger partial charge in [0.1, 0.15) is 0 Å². The van der Waals surface area contributed by atoms with Gasteiger partial charge in [-0.1, -0.05) is 6.92 Å². The standard InChI is InChI=1S/C10H19ClN2OS/c1-9(8-11)10(14)12-2-3-13-4-6-15-7-5-13/h9H,2-8H2,1H3,(H,12,14). The van der Waals surface area contributed by atoms with E-state index in [9.17, 15) is 4.79 Å². The van der Waals surface area contributed by atoms with Crippen molar-refractivity contribution in [2.24, 2.45) is 5.92 Å². The maximum atomic E-state index is 11.4. The molecular weight excluding hydrogens is 232 g/mol. The van der Waals surface area contributed by atoms with Gasteiger partial charge in [0.15, 0.2) is 0 Å². The Hall–Kier alpha value is 0.0700. The number of rotatable bonds is 5. The molecule has 0 aromatic heterocycles. The molecule has 1 N–H and O–H groups in total. The average molecular weight is 251 g/mol. The Kier molecular flexibility index (Phi) is 6.45. The molecule has 1 unspecified atom stereocenters. The van der Waals surface area contributed by atoms with Crippen molar-refractivity contribution >= 4 is 29.3 Å². The van der Waals surface area contributed by atoms with Crippen molar-refractivity contribution in [1.82, 2.24) is 10.2 Å². The normalized spacial score (nSPS) is 19.9. The third-order valence-corrected chi connectivity index (χ3v) is 3.92. The Morgan fingerprint density at radius 1 is 1.53 bits per heavy atom. The largest absolute Gasteiger partial charge is 0.355 e. The smallest absolute Gasteiger partial charge is 0.224 e. The highest BCUT2D eigenvalue weighted by atomic mass is 35.5. The maximum absolute atomic E-state index is 11.4. The number of nitrogens with zero attached hydrogens (tertiary/aromatic N) is 1. The summed E-state index contributed by atoms with van der Waals surface area (Å²) in [6, 6.07) is 0. The Morgan fingerprint density at radius 3 is 2.80 bits per heavy atom. The molecule has 1 saturated heterocycles. The Balaban J connectivity index is 2.07. The van der Waals surface area contributed by atoms with E-state index < -0.39 is 0 Å². The number of hydrogen-bond donors (Lipinski definition) is 1. The third kappa shape index (κ3) is 5.09. The monoisotopic (exact) mass is 250 g/mol. The zero-order valence-electron chi connectivity index (χ0n) is 9.17. The van der Waals surface area contributed by atoms with Crippen LogP contribution >= 0.6 is 23.4 Å². The predicted molar refractivity (Wildman–Crippen MR) is 66.7 cm³/mol. The van der Waals surface area contributed by atoms with Crippen molar-refractivity contribution in [3.63, 3.8) is 0 Å². The summed E-state index contributed by atoms with van der Waals surface area (Å²) in [6.07, 6.45) is 0. The Bertz CT molecular complexity index is 198. The molecule has 1 aliphatic rings. The van der Waals surface area contributed by atoms with E-state index in [0.29, 0.717) is 5.88 Å². The molecule has 0 saturated carbocycles. The second-order valence-electron chi connectivity index (χ2n) is 3.80. The molecule has 0 aromatic carbocycles. The minimum absolute atomic E-state index is 0.0661. The summed E-state index contributed by atoms with van der Waals surface area (Å²) in [5.74, 6) is 2.81. The lowest BCUT2D eigenvalue weighted by Gasteiger charge is -2.26. The van der Waals surface area contributed by atoms with Gasteiger partial charge in [0.05, 0.1) is 0 Å². The molecule has 0 spiro atoms. The fourth-order valence-corrected chi connectivity index (χ4v) is 2.53. The quantitative estimate of drug-likeness (QED) is 0.740. The summed E-state index contributed by atoms with van der Waals surface area (Å²) in [5, 5.41) is 2.91. The summed E-state index contributed by atoms with van der Waals surface area (Å²) in [7, 11) is 0. The topological polar surface area (TPSA) is 32.3 Å². The zero-order chi connectivity index (χ0) is 11.1. The molecule has 1 heterocycles. The highest BCUT2D eigenvalue weighted by Gasteiger charge is 2.12. The second kappa shape index (κ2) is 7.36. The predicted octanol–water partition coefficient (Wildman–Crippen LogP) is 1.03. The first-order valence-electron chi connectivity index (χ1n) is 5.38. The number of alkyl halides is 1. The van der Waals surface area contributed by atoms with Gasteiger partial charge >= 0.3 is 0 Å². The maximum Gasteiger partial charge on any atom is 0.224 e. The number of hydrogen-bond acceptors (Lipinski definition) is 3. The highest BCUT2D eigenvalue weighted by Crippen LogP contribution is 2.07. The van der Waals surface area contributed by atoms with Gasteiger partial charge in [0, 0.05) is 49.5 Å². The number of carbonyl (C=O) groups excluding carboxylic acids is 1. The van der Waals surface area contributed by atoms with Gasteiger partial charge in [0.25, 0.3) is 0 Å². The van der Waals surface area contributed by atoms with Crippen LogP contribution in [0.4, 0.5) is 0 Å². The molecule has 1 atom stereocenters. The van der Waals surface area contributed by atoms with Gasteiger partial charge in [-0.2, -0.15) is 11.8 Å². The second-order valence-corrected chi connectivity index (χ2v) is 5.33. The molecule has 5 heteroatoms. The minimum Gasteiger partial charge on any atom is -0.355 e. The summed E-state index contributed by atoms with van der Waals surface area (Å²) in [4.78, 5) is 13.8. The first-order valence-corrected chi connectivity index (χ1v) is 7.06. The van der Waals surface area contributed by atoms with Crippen LogP contribution in [0.3, 0.4) is 0 Å². The molecule has 1 rings (SSSR count). The van der Waals surface area contributed by atoms with Crippen molar-refractivity contribution < 1.29 is 4.79 Å². The van der Waals surface area contributed by atoms with E-state index in [-0.39, 0.29) is 11.8 Å². The van der Waals surface area contributed by atoms with Crippen molar-refractivity contribution in [3.05, 3.63) is 0 Å². The summed E-state index contributed by atoms with van der Waals surface area (Å²) >= 11 is 7.60. The highest BCUT2D eigenvalue weighted by molar-refractivity contribution is 7.99. The molecule has 0 radical (unpaired) electrons. The van der Waals surface area contributed by atoms with Gasteiger partial charge in [-0.05, 0) is 0 Å². The van der Waals surface area contributed by atoms with E-state index >= 15 is 0 Å². The molecule has 15 heavy (non-hydrogen) atoms. The zero-order valence-corrected chi connectivity index (χ0v) is 10.7. The molecule has 0 bridgehead atoms. The lowest BCUT2D eigenvalue weighted by Crippen LogP contribution is -2.40. The first-order chi connectivity index (χ1) is 7.24. The summed E-state index contributed by atoms with van der Waals surface area (Å²) < 4.78 is 0. The van der Waals surface area contributed by atoms with Crippen LogP contribution in [0, 0.1) is 5.92 Å². The molecule has 3 nitrogen and oxygen atoms in total. The van der Waals surface area contributed by atoms with Crippen molar-refractivity contribution in [3.8, 4) is 0 Å². The van der Waals surface area contributed by atoms with Crippen LogP contribution < -0.4 is 5.32 Å². The molecule has 1 aliphatic heterocycles. The van der Waals surface area contributed by atoms with E-state index in [1.54, 1.807) is 0 Å². The van der Waals surface area contributed by atoms with Gasteiger partial charge in [0.2, 0.25) is 5.91 Å². The van der Waals surface area contributed by atoms with E-state index in [1.165, 1.54) is 11.5 Å². The van der Waals surface area contributed by atoms with Crippen LogP contribution in [0.5, 0.6) is 0 Å². The SMILES string of the molecule is CC(CCl)C(=O)NCCN1CCSCC1. The van der Waals surface area contributed by atoms with Crippen LogP contribution in [-0.4, -0.2) is 54.4 Å². The Morgan fingerprint density at radius 2 is 2.20 bits per heavy atom. The number of carbonyl (C=O) groups is 1. The fraction of sp³-hybridized carbons (Fsp3) is 0.900. The molecule has 0 aromatic rings. The Labute approximate surface area is 101 Å². The molecule has 88 valence electrons. The lowest BCUT2D eigenvalue weighted by atomic mass is 10.2. The molecule has 1 amide bonds. The van der Waals surface area contributed by atoms with Crippen molar-refractivity contribution in [2.45, 2.75) is 6.92 Å². The summed E-state index contributed by atoms with van der Waals surface area (Å²) in [6.45, 7) is 5.84. The van der Waals surface area contributed by atoms with Gasteiger partial charge in [-0.25, -0.2) is 0 Å². The van der Waals surface area contributed by atoms with E-state index in [0.717, 1.165) is 26.2 Å². The molecular formula is C10H19ClN2OS. The van der Waals surface area contributed by atoms with Gasteiger partial charge < -0.3 is 5.32 Å². The van der Waals surface area contributed by atoms with E-state index in [1.807, 2.05) is 18.7 Å². The molecule has 0 aliphatic carbocycles. The number of halogens is 1. The van der Waals surface area contributed by atoms with Crippen LogP contribution in [0.2, 0.25) is 0 Å². The fourth-order valence-electron chi connectivity index (χ4n) is 1.41. The number of thioether (sulfide) groups is 1. The first kappa shape index (κ1) is 13.1. The van der Waals surface area contributed by atoms with Crippen molar-refractivity contribution in [2.75, 3.05) is 43.6 Å². The lowest BCUT2D eigenvalue weighted by molar-refractivity contribution is -0.123. The summed E-state index contributed by atoms with van der Waals surface area (Å²) in [5.41, 5.74) is 0. The van der Waals surface area contributed by atoms with Crippen molar-refractivity contribution in [1.29, 1.82) is 0 Å². The average Bonchev–Trinajstić information content (AvgIpc) is 2.29. The number of nitrogens with one attached hydrogen (secondary N) is 1. The van der Waals surface area contributed by atoms with E-state index in [2.05, 4.69) is 10.2 Å². The van der Waals surface area contributed by atoms with Crippen LogP contribution in [0.25, 0.3) is 0 Å². The van der Waals surface area contributed by atoms with E-state index in [4.69, 9.17) is 11.6 Å². The number of amides is 1. The van der Waals surface area contributed by atoms with Crippen LogP contribution in [-0.2, 0) is 4.79 Å². The molecule has 1 fully saturated rings. The van der Waals surface area contributed by atoms with Crippen LogP contribution in [0.1, 0.15) is 6.92 Å².